The van der Waals surface area contributed by atoms with Gasteiger partial charge in [-0.25, -0.2) is 0 Å². The molecule has 2 aliphatic rings. The number of nitrogens with zero attached hydrogens (tertiary/aromatic N) is 2. The lowest BCUT2D eigenvalue weighted by Crippen LogP contribution is -2.48. The fourth-order valence-corrected chi connectivity index (χ4v) is 4.53. The number of benzene rings is 1. The largest absolute Gasteiger partial charge is 0.376 e. The van der Waals surface area contributed by atoms with Crippen LogP contribution in [0.5, 0.6) is 0 Å². The van der Waals surface area contributed by atoms with E-state index in [4.69, 9.17) is 4.74 Å². The van der Waals surface area contributed by atoms with Gasteiger partial charge in [0.25, 0.3) is 0 Å². The molecule has 2 aliphatic heterocycles. The molecule has 2 fully saturated rings. The van der Waals surface area contributed by atoms with E-state index in [1.807, 2.05) is 0 Å². The van der Waals surface area contributed by atoms with Crippen LogP contribution in [0, 0.1) is 5.41 Å². The monoisotopic (exact) mass is 330 g/mol. The summed E-state index contributed by atoms with van der Waals surface area (Å²) >= 11 is 0. The van der Waals surface area contributed by atoms with E-state index in [0.29, 0.717) is 5.41 Å². The molecule has 1 aromatic carbocycles. The minimum absolute atomic E-state index is 0.00907. The summed E-state index contributed by atoms with van der Waals surface area (Å²) in [6, 6.07) is 11.1. The molecule has 134 valence electrons. The van der Waals surface area contributed by atoms with Crippen molar-refractivity contribution in [3.63, 3.8) is 0 Å². The van der Waals surface area contributed by atoms with Gasteiger partial charge in [0.05, 0.1) is 5.60 Å². The molecule has 3 rings (SSSR count). The maximum absolute atomic E-state index is 6.04. The minimum atomic E-state index is 0.00907. The Balaban J connectivity index is 1.67. The Bertz CT molecular complexity index is 508. The topological polar surface area (TPSA) is 15.7 Å². The van der Waals surface area contributed by atoms with Crippen molar-refractivity contribution in [1.29, 1.82) is 0 Å². The molecule has 1 atom stereocenters. The molecule has 0 saturated carbocycles. The standard InChI is InChI=1S/C21H34N2O/c1-20(2)18-21(10-16-24-20,17-19-7-5-4-6-8-19)9-11-23-14-12-22(3)13-15-23/h4-8H,9-18H2,1-3H3/t21-/m0/s1. The Labute approximate surface area is 148 Å². The van der Waals surface area contributed by atoms with Gasteiger partial charge < -0.3 is 14.5 Å². The highest BCUT2D eigenvalue weighted by Crippen LogP contribution is 2.44. The summed E-state index contributed by atoms with van der Waals surface area (Å²) in [4.78, 5) is 5.10. The zero-order valence-corrected chi connectivity index (χ0v) is 15.8. The Kier molecular flexibility index (Phi) is 5.63. The Morgan fingerprint density at radius 1 is 1.04 bits per heavy atom. The average molecular weight is 331 g/mol. The molecule has 2 heterocycles. The molecule has 1 aromatic rings. The van der Waals surface area contributed by atoms with Crippen LogP contribution in [0.25, 0.3) is 0 Å². The maximum atomic E-state index is 6.04. The number of likely N-dealkylation sites (N-methyl/N-ethyl adjacent to an activating group) is 1. The second-order valence-corrected chi connectivity index (χ2v) is 8.59. The summed E-state index contributed by atoms with van der Waals surface area (Å²) in [5.41, 5.74) is 1.87. The number of ether oxygens (including phenoxy) is 1. The molecule has 0 aliphatic carbocycles. The van der Waals surface area contributed by atoms with Crippen LogP contribution in [0.4, 0.5) is 0 Å². The van der Waals surface area contributed by atoms with Crippen LogP contribution >= 0.6 is 0 Å². The highest BCUT2D eigenvalue weighted by Gasteiger charge is 2.40. The van der Waals surface area contributed by atoms with E-state index in [1.165, 1.54) is 64.0 Å². The van der Waals surface area contributed by atoms with Gasteiger partial charge in [-0.3, -0.25) is 0 Å². The van der Waals surface area contributed by atoms with Crippen molar-refractivity contribution in [3.05, 3.63) is 35.9 Å². The molecule has 3 nitrogen and oxygen atoms in total. The summed E-state index contributed by atoms with van der Waals surface area (Å²) in [6.45, 7) is 11.5. The van der Waals surface area contributed by atoms with Crippen LogP contribution in [0.1, 0.15) is 38.7 Å². The fourth-order valence-electron chi connectivity index (χ4n) is 4.53. The third-order valence-corrected chi connectivity index (χ3v) is 5.90. The molecule has 0 bridgehead atoms. The van der Waals surface area contributed by atoms with E-state index in [-0.39, 0.29) is 5.60 Å². The van der Waals surface area contributed by atoms with Gasteiger partial charge in [0, 0.05) is 32.8 Å². The number of rotatable bonds is 5. The summed E-state index contributed by atoms with van der Waals surface area (Å²) in [6.07, 6.45) is 4.84. The normalized spacial score (nSPS) is 28.8. The van der Waals surface area contributed by atoms with Gasteiger partial charge in [0.15, 0.2) is 0 Å². The summed E-state index contributed by atoms with van der Waals surface area (Å²) < 4.78 is 6.04. The molecule has 0 spiro atoms. The molecule has 2 saturated heterocycles. The van der Waals surface area contributed by atoms with Crippen molar-refractivity contribution in [2.75, 3.05) is 46.4 Å². The lowest BCUT2D eigenvalue weighted by molar-refractivity contribution is -0.109. The summed E-state index contributed by atoms with van der Waals surface area (Å²) in [7, 11) is 2.23. The van der Waals surface area contributed by atoms with Crippen LogP contribution < -0.4 is 0 Å². The molecule has 3 heteroatoms. The second kappa shape index (κ2) is 7.55. The van der Waals surface area contributed by atoms with Gasteiger partial charge in [0.2, 0.25) is 0 Å². The Hall–Kier alpha value is -0.900. The molecular formula is C21H34N2O. The first-order valence-electron chi connectivity index (χ1n) is 9.55. The summed E-state index contributed by atoms with van der Waals surface area (Å²) in [5.74, 6) is 0. The SMILES string of the molecule is CN1CCN(CC[C@@]2(Cc3ccccc3)CCOC(C)(C)C2)CC1. The zero-order chi connectivity index (χ0) is 17.0. The van der Waals surface area contributed by atoms with Crippen molar-refractivity contribution in [3.8, 4) is 0 Å². The highest BCUT2D eigenvalue weighted by molar-refractivity contribution is 5.17. The van der Waals surface area contributed by atoms with Crippen LogP contribution in [0.15, 0.2) is 30.3 Å². The lowest BCUT2D eigenvalue weighted by atomic mass is 9.68. The van der Waals surface area contributed by atoms with E-state index < -0.39 is 0 Å². The van der Waals surface area contributed by atoms with E-state index >= 15 is 0 Å². The second-order valence-electron chi connectivity index (χ2n) is 8.59. The van der Waals surface area contributed by atoms with Gasteiger partial charge in [-0.2, -0.15) is 0 Å². The van der Waals surface area contributed by atoms with Gasteiger partial charge in [-0.1, -0.05) is 30.3 Å². The highest BCUT2D eigenvalue weighted by atomic mass is 16.5. The van der Waals surface area contributed by atoms with E-state index in [2.05, 4.69) is 61.0 Å². The predicted molar refractivity (Wildman–Crippen MR) is 100 cm³/mol. The van der Waals surface area contributed by atoms with Crippen molar-refractivity contribution < 1.29 is 4.74 Å². The van der Waals surface area contributed by atoms with E-state index in [0.717, 1.165) is 6.61 Å². The van der Waals surface area contributed by atoms with Crippen molar-refractivity contribution >= 4 is 0 Å². The Morgan fingerprint density at radius 3 is 2.42 bits per heavy atom. The third kappa shape index (κ3) is 4.81. The van der Waals surface area contributed by atoms with Crippen molar-refractivity contribution in [2.45, 2.75) is 45.1 Å². The van der Waals surface area contributed by atoms with E-state index in [1.54, 1.807) is 0 Å². The molecular weight excluding hydrogens is 296 g/mol. The Morgan fingerprint density at radius 2 is 1.75 bits per heavy atom. The number of hydrogen-bond donors (Lipinski definition) is 0. The van der Waals surface area contributed by atoms with E-state index in [9.17, 15) is 0 Å². The van der Waals surface area contributed by atoms with Crippen molar-refractivity contribution in [1.82, 2.24) is 9.80 Å². The van der Waals surface area contributed by atoms with Crippen LogP contribution in [0.2, 0.25) is 0 Å². The first kappa shape index (κ1) is 17.9. The molecule has 0 radical (unpaired) electrons. The van der Waals surface area contributed by atoms with Gasteiger partial charge in [-0.15, -0.1) is 0 Å². The molecule has 0 unspecified atom stereocenters. The predicted octanol–water partition coefficient (Wildman–Crippen LogP) is 3.44. The van der Waals surface area contributed by atoms with Crippen LogP contribution in [-0.4, -0.2) is 61.8 Å². The molecule has 0 aromatic heterocycles. The number of piperazine rings is 1. The third-order valence-electron chi connectivity index (χ3n) is 5.90. The van der Waals surface area contributed by atoms with Crippen molar-refractivity contribution in [2.24, 2.45) is 5.41 Å². The zero-order valence-electron chi connectivity index (χ0n) is 15.8. The van der Waals surface area contributed by atoms with Gasteiger partial charge >= 0.3 is 0 Å². The summed E-state index contributed by atoms with van der Waals surface area (Å²) in [5, 5.41) is 0. The fraction of sp³-hybridized carbons (Fsp3) is 0.714. The molecule has 0 amide bonds. The maximum Gasteiger partial charge on any atom is 0.0631 e. The molecule has 0 N–H and O–H groups in total. The first-order valence-corrected chi connectivity index (χ1v) is 9.55. The number of hydrogen-bond acceptors (Lipinski definition) is 3. The average Bonchev–Trinajstić information content (AvgIpc) is 2.54. The quantitative estimate of drug-likeness (QED) is 0.822. The first-order chi connectivity index (χ1) is 11.5. The minimum Gasteiger partial charge on any atom is -0.376 e. The molecule has 24 heavy (non-hydrogen) atoms. The lowest BCUT2D eigenvalue weighted by Gasteiger charge is -2.46. The van der Waals surface area contributed by atoms with Crippen LogP contribution in [0.3, 0.4) is 0 Å². The van der Waals surface area contributed by atoms with Crippen LogP contribution in [-0.2, 0) is 11.2 Å². The van der Waals surface area contributed by atoms with Gasteiger partial charge in [-0.05, 0) is 64.1 Å². The smallest absolute Gasteiger partial charge is 0.0631 e. The van der Waals surface area contributed by atoms with Gasteiger partial charge in [0.1, 0.15) is 0 Å².